The molecular formula is C13H10BrF3N2O4. The van der Waals surface area contributed by atoms with Gasteiger partial charge >= 0.3 is 12.1 Å². The summed E-state index contributed by atoms with van der Waals surface area (Å²) in [5, 5.41) is 10.3. The van der Waals surface area contributed by atoms with E-state index in [9.17, 15) is 22.8 Å². The average Bonchev–Trinajstić information content (AvgIpc) is 2.79. The number of ketones is 2. The van der Waals surface area contributed by atoms with Crippen LogP contribution in [0.2, 0.25) is 0 Å². The Morgan fingerprint density at radius 3 is 2.43 bits per heavy atom. The van der Waals surface area contributed by atoms with Gasteiger partial charge in [0.25, 0.3) is 5.78 Å². The van der Waals surface area contributed by atoms with Gasteiger partial charge in [-0.15, -0.1) is 0 Å². The van der Waals surface area contributed by atoms with E-state index in [1.54, 1.807) is 11.6 Å². The van der Waals surface area contributed by atoms with E-state index in [0.29, 0.717) is 10.2 Å². The molecule has 1 aliphatic heterocycles. The zero-order chi connectivity index (χ0) is 17.5. The van der Waals surface area contributed by atoms with Crippen molar-refractivity contribution in [3.8, 4) is 0 Å². The minimum Gasteiger partial charge on any atom is -0.475 e. The molecule has 10 heteroatoms. The van der Waals surface area contributed by atoms with Crippen molar-refractivity contribution in [2.45, 2.75) is 12.6 Å². The van der Waals surface area contributed by atoms with Crippen LogP contribution in [-0.4, -0.2) is 39.9 Å². The SMILES string of the molecule is Cn1cc2c3c1C(=O)C(=O)C(Br)=C3NCC2.O=C(O)C(F)(F)F. The van der Waals surface area contributed by atoms with Crippen LogP contribution < -0.4 is 5.32 Å². The lowest BCUT2D eigenvalue weighted by Crippen LogP contribution is -2.31. The highest BCUT2D eigenvalue weighted by atomic mass is 79.9. The Kier molecular flexibility index (Phi) is 4.38. The van der Waals surface area contributed by atoms with Crippen molar-refractivity contribution < 1.29 is 32.7 Å². The average molecular weight is 395 g/mol. The number of allylic oxidation sites excluding steroid dienone is 1. The van der Waals surface area contributed by atoms with Crippen molar-refractivity contribution in [3.05, 3.63) is 27.5 Å². The molecule has 124 valence electrons. The molecule has 2 N–H and O–H groups in total. The molecule has 0 saturated heterocycles. The van der Waals surface area contributed by atoms with E-state index >= 15 is 0 Å². The topological polar surface area (TPSA) is 88.4 Å². The Balaban J connectivity index is 0.000000236. The van der Waals surface area contributed by atoms with Gasteiger partial charge in [0.15, 0.2) is 0 Å². The summed E-state index contributed by atoms with van der Waals surface area (Å²) in [7, 11) is 1.80. The van der Waals surface area contributed by atoms with Crippen molar-refractivity contribution in [2.75, 3.05) is 6.54 Å². The van der Waals surface area contributed by atoms with Crippen molar-refractivity contribution in [3.63, 3.8) is 0 Å². The molecule has 0 saturated carbocycles. The molecule has 0 radical (unpaired) electrons. The Hall–Kier alpha value is -2.10. The third-order valence-electron chi connectivity index (χ3n) is 3.29. The smallest absolute Gasteiger partial charge is 0.475 e. The molecule has 1 aromatic heterocycles. The van der Waals surface area contributed by atoms with E-state index < -0.39 is 23.7 Å². The number of hydrogen-bond donors (Lipinski definition) is 2. The molecule has 0 unspecified atom stereocenters. The largest absolute Gasteiger partial charge is 0.490 e. The van der Waals surface area contributed by atoms with E-state index in [0.717, 1.165) is 29.8 Å². The Morgan fingerprint density at radius 1 is 1.35 bits per heavy atom. The van der Waals surface area contributed by atoms with Crippen LogP contribution in [0.4, 0.5) is 13.2 Å². The molecule has 1 aromatic rings. The monoisotopic (exact) mass is 394 g/mol. The van der Waals surface area contributed by atoms with E-state index in [2.05, 4.69) is 21.2 Å². The molecule has 6 nitrogen and oxygen atoms in total. The maximum Gasteiger partial charge on any atom is 0.490 e. The van der Waals surface area contributed by atoms with Crippen molar-refractivity contribution >= 4 is 39.2 Å². The molecule has 0 fully saturated rings. The fraction of sp³-hybridized carbons (Fsp3) is 0.308. The molecule has 0 aromatic carbocycles. The number of carboxylic acids is 1. The van der Waals surface area contributed by atoms with Crippen LogP contribution in [0, 0.1) is 0 Å². The lowest BCUT2D eigenvalue weighted by molar-refractivity contribution is -0.192. The Bertz CT molecular complexity index is 749. The molecule has 1 aliphatic carbocycles. The first-order valence-electron chi connectivity index (χ1n) is 6.27. The number of nitrogens with zero attached hydrogens (tertiary/aromatic N) is 1. The quantitative estimate of drug-likeness (QED) is 0.653. The first-order chi connectivity index (χ1) is 10.6. The number of aromatic nitrogens is 1. The van der Waals surface area contributed by atoms with Gasteiger partial charge in [0.05, 0.1) is 10.2 Å². The third-order valence-corrected chi connectivity index (χ3v) is 4.05. The maximum absolute atomic E-state index is 11.9. The van der Waals surface area contributed by atoms with Crippen molar-refractivity contribution in [1.82, 2.24) is 9.88 Å². The molecule has 2 heterocycles. The van der Waals surface area contributed by atoms with Gasteiger partial charge in [-0.2, -0.15) is 13.2 Å². The summed E-state index contributed by atoms with van der Waals surface area (Å²) in [5.74, 6) is -3.65. The first-order valence-corrected chi connectivity index (χ1v) is 7.06. The van der Waals surface area contributed by atoms with E-state index in [1.807, 2.05) is 6.20 Å². The number of carbonyl (C=O) groups excluding carboxylic acids is 2. The van der Waals surface area contributed by atoms with Gasteiger partial charge in [0, 0.05) is 25.4 Å². The fourth-order valence-corrected chi connectivity index (χ4v) is 2.87. The van der Waals surface area contributed by atoms with Gasteiger partial charge in [0.2, 0.25) is 5.78 Å². The number of aryl methyl sites for hydroxylation is 1. The summed E-state index contributed by atoms with van der Waals surface area (Å²) in [5.41, 5.74) is 3.29. The molecule has 2 aliphatic rings. The zero-order valence-corrected chi connectivity index (χ0v) is 13.2. The highest BCUT2D eigenvalue weighted by Gasteiger charge is 2.38. The summed E-state index contributed by atoms with van der Waals surface area (Å²) < 4.78 is 33.8. The molecular weight excluding hydrogens is 385 g/mol. The molecule has 3 rings (SSSR count). The third kappa shape index (κ3) is 3.03. The highest BCUT2D eigenvalue weighted by molar-refractivity contribution is 9.12. The highest BCUT2D eigenvalue weighted by Crippen LogP contribution is 2.36. The fourth-order valence-electron chi connectivity index (χ4n) is 2.35. The van der Waals surface area contributed by atoms with Crippen LogP contribution in [0.25, 0.3) is 5.70 Å². The summed E-state index contributed by atoms with van der Waals surface area (Å²) in [4.78, 5) is 32.5. The second kappa shape index (κ2) is 5.84. The van der Waals surface area contributed by atoms with Crippen LogP contribution in [0.3, 0.4) is 0 Å². The van der Waals surface area contributed by atoms with E-state index in [4.69, 9.17) is 9.90 Å². The standard InChI is InChI=1S/C11H9BrN2O2.C2HF3O2/c1-14-4-5-2-3-13-8-6(5)9(14)11(16)10(15)7(8)12;3-2(4,5)1(6)7/h4,13H,2-3H2,1H3;(H,6,7). The van der Waals surface area contributed by atoms with Crippen LogP contribution in [-0.2, 0) is 23.1 Å². The van der Waals surface area contributed by atoms with Crippen LogP contribution in [0.1, 0.15) is 21.6 Å². The second-order valence-electron chi connectivity index (χ2n) is 4.82. The summed E-state index contributed by atoms with van der Waals surface area (Å²) >= 11 is 3.21. The van der Waals surface area contributed by atoms with Crippen molar-refractivity contribution in [2.24, 2.45) is 7.05 Å². The number of rotatable bonds is 0. The number of nitrogens with one attached hydrogen (secondary N) is 1. The number of hydrogen-bond acceptors (Lipinski definition) is 4. The summed E-state index contributed by atoms with van der Waals surface area (Å²) in [6.07, 6.45) is -2.27. The lowest BCUT2D eigenvalue weighted by atomic mass is 9.93. The van der Waals surface area contributed by atoms with E-state index in [1.165, 1.54) is 0 Å². The number of alkyl halides is 3. The van der Waals surface area contributed by atoms with Gasteiger partial charge in [-0.3, -0.25) is 9.59 Å². The second-order valence-corrected chi connectivity index (χ2v) is 5.61. The van der Waals surface area contributed by atoms with Gasteiger partial charge in [-0.05, 0) is 27.9 Å². The van der Waals surface area contributed by atoms with Gasteiger partial charge in [0.1, 0.15) is 5.69 Å². The van der Waals surface area contributed by atoms with Crippen LogP contribution >= 0.6 is 15.9 Å². The van der Waals surface area contributed by atoms with Crippen LogP contribution in [0.15, 0.2) is 10.7 Å². The van der Waals surface area contributed by atoms with Gasteiger partial charge < -0.3 is 15.0 Å². The van der Waals surface area contributed by atoms with Gasteiger partial charge in [-0.1, -0.05) is 0 Å². The summed E-state index contributed by atoms with van der Waals surface area (Å²) in [6.45, 7) is 0.794. The molecule has 0 atom stereocenters. The predicted octanol–water partition coefficient (Wildman–Crippen LogP) is 1.63. The normalized spacial score (nSPS) is 16.4. The molecule has 0 spiro atoms. The van der Waals surface area contributed by atoms with Crippen molar-refractivity contribution in [1.29, 1.82) is 0 Å². The Morgan fingerprint density at radius 2 is 1.91 bits per heavy atom. The minimum atomic E-state index is -5.08. The lowest BCUT2D eigenvalue weighted by Gasteiger charge is -2.23. The molecule has 0 bridgehead atoms. The summed E-state index contributed by atoms with van der Waals surface area (Å²) in [6, 6.07) is 0. The molecule has 0 amide bonds. The number of aliphatic carboxylic acids is 1. The van der Waals surface area contributed by atoms with Gasteiger partial charge in [-0.25, -0.2) is 4.79 Å². The number of carbonyl (C=O) groups is 3. The van der Waals surface area contributed by atoms with E-state index in [-0.39, 0.29) is 0 Å². The number of halogens is 4. The first kappa shape index (κ1) is 17.3. The maximum atomic E-state index is 11.9. The number of Topliss-reactive ketones (excluding diaryl/α,β-unsaturated/α-hetero) is 2. The molecule has 23 heavy (non-hydrogen) atoms. The minimum absolute atomic E-state index is 0.358. The zero-order valence-electron chi connectivity index (χ0n) is 11.6. The number of carboxylic acid groups (broad SMARTS) is 1. The Labute approximate surface area is 136 Å². The van der Waals surface area contributed by atoms with Crippen LogP contribution in [0.5, 0.6) is 0 Å². The predicted molar refractivity (Wildman–Crippen MR) is 76.0 cm³/mol.